The molecule has 0 bridgehead atoms. The first-order chi connectivity index (χ1) is 8.93. The molecule has 0 saturated carbocycles. The van der Waals surface area contributed by atoms with Crippen LogP contribution in [-0.4, -0.2) is 12.5 Å². The van der Waals surface area contributed by atoms with Crippen molar-refractivity contribution in [3.05, 3.63) is 34.3 Å². The molecule has 3 nitrogen and oxygen atoms in total. The minimum atomic E-state index is -0.0992. The van der Waals surface area contributed by atoms with Crippen LogP contribution in [0.25, 0.3) is 0 Å². The van der Waals surface area contributed by atoms with Gasteiger partial charge in [-0.2, -0.15) is 0 Å². The van der Waals surface area contributed by atoms with E-state index in [1.54, 1.807) is 0 Å². The predicted molar refractivity (Wildman–Crippen MR) is 82.7 cm³/mol. The average Bonchev–Trinajstić information content (AvgIpc) is 2.36. The zero-order valence-electron chi connectivity index (χ0n) is 11.8. The minimum Gasteiger partial charge on any atom is -0.349 e. The molecule has 1 aromatic carbocycles. The number of hydrogen-bond acceptors (Lipinski definition) is 2. The second-order valence-corrected chi connectivity index (χ2v) is 6.26. The third-order valence-electron chi connectivity index (χ3n) is 3.14. The van der Waals surface area contributed by atoms with E-state index in [4.69, 9.17) is 5.73 Å². The predicted octanol–water partition coefficient (Wildman–Crippen LogP) is 3.25. The van der Waals surface area contributed by atoms with Crippen molar-refractivity contribution in [1.82, 2.24) is 5.32 Å². The first kappa shape index (κ1) is 16.2. The van der Waals surface area contributed by atoms with E-state index < -0.39 is 0 Å². The second kappa shape index (κ2) is 7.65. The molecule has 1 aromatic rings. The Morgan fingerprint density at radius 3 is 2.32 bits per heavy atom. The molecule has 4 heteroatoms. The zero-order chi connectivity index (χ0) is 14.4. The molecule has 0 aliphatic heterocycles. The molecule has 3 N–H and O–H groups in total. The van der Waals surface area contributed by atoms with Crippen molar-refractivity contribution in [3.63, 3.8) is 0 Å². The standard InChI is InChI=1S/C15H23BrN2O/c1-10(2)8-13(9-17)15(19)18-11(3)12-4-6-14(16)7-5-12/h4-7,10-11,13H,8-9,17H2,1-3H3,(H,18,19)/t11-,13?/m0/s1. The van der Waals surface area contributed by atoms with Crippen LogP contribution in [0.15, 0.2) is 28.7 Å². The van der Waals surface area contributed by atoms with Crippen LogP contribution in [0.3, 0.4) is 0 Å². The van der Waals surface area contributed by atoms with E-state index in [1.165, 1.54) is 0 Å². The molecule has 1 rings (SSSR count). The lowest BCUT2D eigenvalue weighted by atomic mass is 9.96. The Hall–Kier alpha value is -0.870. The second-order valence-electron chi connectivity index (χ2n) is 5.34. The smallest absolute Gasteiger partial charge is 0.224 e. The largest absolute Gasteiger partial charge is 0.349 e. The number of nitrogens with two attached hydrogens (primary N) is 1. The summed E-state index contributed by atoms with van der Waals surface area (Å²) in [6, 6.07) is 7.98. The van der Waals surface area contributed by atoms with Crippen LogP contribution >= 0.6 is 15.9 Å². The van der Waals surface area contributed by atoms with E-state index in [9.17, 15) is 4.79 Å². The van der Waals surface area contributed by atoms with Crippen molar-refractivity contribution in [2.45, 2.75) is 33.2 Å². The maximum absolute atomic E-state index is 12.2. The Kier molecular flexibility index (Phi) is 6.52. The molecule has 0 radical (unpaired) electrons. The molecule has 2 atom stereocenters. The molecule has 0 aliphatic carbocycles. The average molecular weight is 327 g/mol. The lowest BCUT2D eigenvalue weighted by Gasteiger charge is -2.20. The maximum atomic E-state index is 12.2. The lowest BCUT2D eigenvalue weighted by Crippen LogP contribution is -2.37. The Balaban J connectivity index is 2.62. The quantitative estimate of drug-likeness (QED) is 0.843. The monoisotopic (exact) mass is 326 g/mol. The molecule has 0 spiro atoms. The molecule has 0 aromatic heterocycles. The first-order valence-corrected chi connectivity index (χ1v) is 7.49. The summed E-state index contributed by atoms with van der Waals surface area (Å²) in [6.45, 7) is 6.60. The molecule has 106 valence electrons. The van der Waals surface area contributed by atoms with Crippen molar-refractivity contribution in [3.8, 4) is 0 Å². The fourth-order valence-corrected chi connectivity index (χ4v) is 2.31. The van der Waals surface area contributed by atoms with E-state index in [2.05, 4.69) is 35.1 Å². The number of hydrogen-bond donors (Lipinski definition) is 2. The summed E-state index contributed by atoms with van der Waals surface area (Å²) < 4.78 is 1.04. The summed E-state index contributed by atoms with van der Waals surface area (Å²) in [7, 11) is 0. The van der Waals surface area contributed by atoms with Crippen LogP contribution in [-0.2, 0) is 4.79 Å². The van der Waals surface area contributed by atoms with Crippen LogP contribution in [0.1, 0.15) is 38.8 Å². The zero-order valence-corrected chi connectivity index (χ0v) is 13.4. The van der Waals surface area contributed by atoms with Crippen LogP contribution < -0.4 is 11.1 Å². The van der Waals surface area contributed by atoms with E-state index in [1.807, 2.05) is 31.2 Å². The van der Waals surface area contributed by atoms with Crippen molar-refractivity contribution in [2.24, 2.45) is 17.6 Å². The van der Waals surface area contributed by atoms with Gasteiger partial charge in [0.25, 0.3) is 0 Å². The highest BCUT2D eigenvalue weighted by molar-refractivity contribution is 9.10. The molecular formula is C15H23BrN2O. The number of amides is 1. The van der Waals surface area contributed by atoms with Crippen LogP contribution in [0, 0.1) is 11.8 Å². The maximum Gasteiger partial charge on any atom is 0.224 e. The normalized spacial score (nSPS) is 14.2. The van der Waals surface area contributed by atoms with E-state index in [-0.39, 0.29) is 17.9 Å². The van der Waals surface area contributed by atoms with Crippen molar-refractivity contribution >= 4 is 21.8 Å². The fraction of sp³-hybridized carbons (Fsp3) is 0.533. The van der Waals surface area contributed by atoms with E-state index in [0.29, 0.717) is 12.5 Å². The van der Waals surface area contributed by atoms with Crippen LogP contribution in [0.4, 0.5) is 0 Å². The van der Waals surface area contributed by atoms with Gasteiger partial charge >= 0.3 is 0 Å². The Morgan fingerprint density at radius 2 is 1.84 bits per heavy atom. The summed E-state index contributed by atoms with van der Waals surface area (Å²) >= 11 is 3.40. The first-order valence-electron chi connectivity index (χ1n) is 6.70. The number of rotatable bonds is 6. The van der Waals surface area contributed by atoms with Gasteiger partial charge < -0.3 is 11.1 Å². The van der Waals surface area contributed by atoms with Crippen molar-refractivity contribution in [1.29, 1.82) is 0 Å². The number of nitrogens with one attached hydrogen (secondary N) is 1. The molecule has 19 heavy (non-hydrogen) atoms. The number of carbonyl (C=O) groups excluding carboxylic acids is 1. The lowest BCUT2D eigenvalue weighted by molar-refractivity contribution is -0.125. The van der Waals surface area contributed by atoms with Gasteiger partial charge in [-0.25, -0.2) is 0 Å². The van der Waals surface area contributed by atoms with Crippen LogP contribution in [0.5, 0.6) is 0 Å². The highest BCUT2D eigenvalue weighted by Gasteiger charge is 2.20. The molecule has 0 saturated heterocycles. The summed E-state index contributed by atoms with van der Waals surface area (Å²) in [5.74, 6) is 0.423. The van der Waals surface area contributed by atoms with Gasteiger partial charge in [-0.15, -0.1) is 0 Å². The number of benzene rings is 1. The number of carbonyl (C=O) groups is 1. The Bertz CT molecular complexity index is 403. The number of halogens is 1. The molecule has 0 aliphatic rings. The van der Waals surface area contributed by atoms with Gasteiger partial charge in [0.15, 0.2) is 0 Å². The molecule has 0 heterocycles. The fourth-order valence-electron chi connectivity index (χ4n) is 2.05. The summed E-state index contributed by atoms with van der Waals surface area (Å²) in [6.07, 6.45) is 0.829. The van der Waals surface area contributed by atoms with Gasteiger partial charge in [-0.1, -0.05) is 41.9 Å². The SMILES string of the molecule is CC(C)CC(CN)C(=O)N[C@@H](C)c1ccc(Br)cc1. The van der Waals surface area contributed by atoms with Gasteiger partial charge in [-0.3, -0.25) is 4.79 Å². The molecule has 1 amide bonds. The summed E-state index contributed by atoms with van der Waals surface area (Å²) in [5.41, 5.74) is 6.78. The van der Waals surface area contributed by atoms with E-state index in [0.717, 1.165) is 16.5 Å². The van der Waals surface area contributed by atoms with Gasteiger partial charge in [0.1, 0.15) is 0 Å². The molecule has 0 fully saturated rings. The van der Waals surface area contributed by atoms with E-state index >= 15 is 0 Å². The van der Waals surface area contributed by atoms with Gasteiger partial charge in [0, 0.05) is 11.0 Å². The Morgan fingerprint density at radius 1 is 1.26 bits per heavy atom. The van der Waals surface area contributed by atoms with Gasteiger partial charge in [0.2, 0.25) is 5.91 Å². The summed E-state index contributed by atoms with van der Waals surface area (Å²) in [5, 5.41) is 3.04. The summed E-state index contributed by atoms with van der Waals surface area (Å²) in [4.78, 5) is 12.2. The van der Waals surface area contributed by atoms with Gasteiger partial charge in [-0.05, 0) is 37.0 Å². The van der Waals surface area contributed by atoms with Crippen molar-refractivity contribution in [2.75, 3.05) is 6.54 Å². The third kappa shape index (κ3) is 5.33. The van der Waals surface area contributed by atoms with Gasteiger partial charge in [0.05, 0.1) is 12.0 Å². The molecular weight excluding hydrogens is 304 g/mol. The third-order valence-corrected chi connectivity index (χ3v) is 3.67. The molecule has 1 unspecified atom stereocenters. The van der Waals surface area contributed by atoms with Crippen LogP contribution in [0.2, 0.25) is 0 Å². The highest BCUT2D eigenvalue weighted by atomic mass is 79.9. The minimum absolute atomic E-state index is 0.00168. The Labute approximate surface area is 124 Å². The topological polar surface area (TPSA) is 55.1 Å². The highest BCUT2D eigenvalue weighted by Crippen LogP contribution is 2.18. The van der Waals surface area contributed by atoms with Crippen molar-refractivity contribution < 1.29 is 4.79 Å².